The lowest BCUT2D eigenvalue weighted by Crippen LogP contribution is -2.36. The van der Waals surface area contributed by atoms with E-state index in [1.807, 2.05) is 6.07 Å². The quantitative estimate of drug-likeness (QED) is 0.896. The molecule has 19 heavy (non-hydrogen) atoms. The van der Waals surface area contributed by atoms with Gasteiger partial charge in [-0.2, -0.15) is 12.7 Å². The second-order valence-corrected chi connectivity index (χ2v) is 5.93. The monoisotopic (exact) mass is 286 g/mol. The first-order valence-corrected chi connectivity index (χ1v) is 7.49. The topological polar surface area (TPSA) is 81.9 Å². The molecule has 0 amide bonds. The van der Waals surface area contributed by atoms with Crippen LogP contribution in [0, 0.1) is 0 Å². The number of benzene rings is 1. The lowest BCUT2D eigenvalue weighted by atomic mass is 10.0. The van der Waals surface area contributed by atoms with Gasteiger partial charge in [0.25, 0.3) is 10.2 Å². The summed E-state index contributed by atoms with van der Waals surface area (Å²) >= 11 is 0. The second-order valence-electron chi connectivity index (χ2n) is 4.43. The van der Waals surface area contributed by atoms with Gasteiger partial charge in [-0.1, -0.05) is 6.07 Å². The molecular formula is C12H18N2O4S. The Hall–Kier alpha value is -1.31. The van der Waals surface area contributed by atoms with Crippen molar-refractivity contribution in [1.29, 1.82) is 0 Å². The van der Waals surface area contributed by atoms with Crippen molar-refractivity contribution in [1.82, 2.24) is 4.31 Å². The summed E-state index contributed by atoms with van der Waals surface area (Å²) in [6.07, 6.45) is 1.56. The second kappa shape index (κ2) is 5.36. The number of nitrogens with zero attached hydrogens (tertiary/aromatic N) is 1. The van der Waals surface area contributed by atoms with Crippen LogP contribution in [0.15, 0.2) is 18.2 Å². The molecule has 1 aromatic carbocycles. The molecule has 0 aliphatic carbocycles. The van der Waals surface area contributed by atoms with Gasteiger partial charge in [0, 0.05) is 6.54 Å². The number of rotatable bonds is 4. The largest absolute Gasteiger partial charge is 0.493 e. The highest BCUT2D eigenvalue weighted by atomic mass is 32.2. The first-order valence-electron chi connectivity index (χ1n) is 5.99. The average Bonchev–Trinajstić information content (AvgIpc) is 2.87. The van der Waals surface area contributed by atoms with Crippen molar-refractivity contribution in [3.63, 3.8) is 0 Å². The molecule has 1 aromatic rings. The minimum atomic E-state index is -3.67. The van der Waals surface area contributed by atoms with E-state index in [0.29, 0.717) is 18.0 Å². The van der Waals surface area contributed by atoms with E-state index in [1.165, 1.54) is 4.31 Å². The minimum Gasteiger partial charge on any atom is -0.493 e. The summed E-state index contributed by atoms with van der Waals surface area (Å²) in [7, 11) is -0.565. The standard InChI is InChI=1S/C12H18N2O4S/c1-17-11-6-5-9(8-12(11)18-2)10-4-3-7-14(10)19(13,15)16/h5-6,8,10H,3-4,7H2,1-2H3,(H2,13,15,16). The minimum absolute atomic E-state index is 0.227. The zero-order chi connectivity index (χ0) is 14.0. The van der Waals surface area contributed by atoms with Crippen LogP contribution in [0.1, 0.15) is 24.4 Å². The highest BCUT2D eigenvalue weighted by molar-refractivity contribution is 7.86. The first-order chi connectivity index (χ1) is 8.97. The predicted octanol–water partition coefficient (Wildman–Crippen LogP) is 1.04. The van der Waals surface area contributed by atoms with E-state index in [1.54, 1.807) is 26.4 Å². The van der Waals surface area contributed by atoms with Gasteiger partial charge in [-0.25, -0.2) is 5.14 Å². The fourth-order valence-electron chi connectivity index (χ4n) is 2.44. The van der Waals surface area contributed by atoms with Crippen LogP contribution < -0.4 is 14.6 Å². The molecular weight excluding hydrogens is 268 g/mol. The van der Waals surface area contributed by atoms with Crippen LogP contribution in [-0.2, 0) is 10.2 Å². The molecule has 1 saturated heterocycles. The van der Waals surface area contributed by atoms with Crippen molar-refractivity contribution >= 4 is 10.2 Å². The van der Waals surface area contributed by atoms with E-state index in [-0.39, 0.29) is 6.04 Å². The Kier molecular flexibility index (Phi) is 3.98. The summed E-state index contributed by atoms with van der Waals surface area (Å²) in [5, 5.41) is 5.24. The van der Waals surface area contributed by atoms with Gasteiger partial charge in [0.15, 0.2) is 11.5 Å². The van der Waals surface area contributed by atoms with Crippen molar-refractivity contribution in [3.05, 3.63) is 23.8 Å². The number of hydrogen-bond donors (Lipinski definition) is 1. The Morgan fingerprint density at radius 1 is 1.26 bits per heavy atom. The van der Waals surface area contributed by atoms with Crippen LogP contribution in [0.5, 0.6) is 11.5 Å². The zero-order valence-electron chi connectivity index (χ0n) is 11.0. The lowest BCUT2D eigenvalue weighted by molar-refractivity contribution is 0.351. The summed E-state index contributed by atoms with van der Waals surface area (Å²) in [6, 6.07) is 5.19. The van der Waals surface area contributed by atoms with E-state index in [2.05, 4.69) is 0 Å². The molecule has 1 aliphatic heterocycles. The summed E-state index contributed by atoms with van der Waals surface area (Å²) in [4.78, 5) is 0. The Morgan fingerprint density at radius 2 is 1.95 bits per heavy atom. The van der Waals surface area contributed by atoms with Crippen molar-refractivity contribution in [2.75, 3.05) is 20.8 Å². The number of ether oxygens (including phenoxy) is 2. The highest BCUT2D eigenvalue weighted by Crippen LogP contribution is 2.37. The molecule has 2 N–H and O–H groups in total. The molecule has 1 unspecified atom stereocenters. The molecule has 1 fully saturated rings. The van der Waals surface area contributed by atoms with Gasteiger partial charge >= 0.3 is 0 Å². The van der Waals surface area contributed by atoms with Crippen molar-refractivity contribution in [2.24, 2.45) is 5.14 Å². The number of methoxy groups -OCH3 is 2. The van der Waals surface area contributed by atoms with Crippen LogP contribution in [0.2, 0.25) is 0 Å². The summed E-state index contributed by atoms with van der Waals surface area (Å²) in [5.41, 5.74) is 0.865. The van der Waals surface area contributed by atoms with Gasteiger partial charge in [-0.3, -0.25) is 0 Å². The van der Waals surface area contributed by atoms with Crippen LogP contribution >= 0.6 is 0 Å². The third-order valence-electron chi connectivity index (χ3n) is 3.32. The van der Waals surface area contributed by atoms with Gasteiger partial charge in [0.05, 0.1) is 20.3 Å². The third kappa shape index (κ3) is 2.83. The maximum absolute atomic E-state index is 11.5. The fourth-order valence-corrected chi connectivity index (χ4v) is 3.40. The summed E-state index contributed by atoms with van der Waals surface area (Å²) in [6.45, 7) is 0.456. The van der Waals surface area contributed by atoms with Crippen molar-refractivity contribution in [3.8, 4) is 11.5 Å². The van der Waals surface area contributed by atoms with E-state index in [4.69, 9.17) is 14.6 Å². The van der Waals surface area contributed by atoms with Crippen LogP contribution in [0.25, 0.3) is 0 Å². The third-order valence-corrected chi connectivity index (χ3v) is 4.41. The smallest absolute Gasteiger partial charge is 0.277 e. The van der Waals surface area contributed by atoms with Crippen molar-refractivity contribution in [2.45, 2.75) is 18.9 Å². The summed E-state index contributed by atoms with van der Waals surface area (Å²) < 4.78 is 34.8. The molecule has 0 radical (unpaired) electrons. The van der Waals surface area contributed by atoms with E-state index < -0.39 is 10.2 Å². The van der Waals surface area contributed by atoms with Gasteiger partial charge in [-0.15, -0.1) is 0 Å². The lowest BCUT2D eigenvalue weighted by Gasteiger charge is -2.22. The van der Waals surface area contributed by atoms with Gasteiger partial charge in [-0.05, 0) is 30.5 Å². The molecule has 0 bridgehead atoms. The molecule has 106 valence electrons. The number of hydrogen-bond acceptors (Lipinski definition) is 4. The molecule has 1 atom stereocenters. The van der Waals surface area contributed by atoms with E-state index in [9.17, 15) is 8.42 Å². The Morgan fingerprint density at radius 3 is 2.53 bits per heavy atom. The molecule has 0 spiro atoms. The maximum Gasteiger partial charge on any atom is 0.277 e. The first kappa shape index (κ1) is 14.1. The molecule has 0 saturated carbocycles. The molecule has 1 heterocycles. The summed E-state index contributed by atoms with van der Waals surface area (Å²) in [5.74, 6) is 1.20. The average molecular weight is 286 g/mol. The Labute approximate surface area is 113 Å². The number of nitrogens with two attached hydrogens (primary N) is 1. The van der Waals surface area contributed by atoms with Crippen LogP contribution in [0.3, 0.4) is 0 Å². The zero-order valence-corrected chi connectivity index (χ0v) is 11.8. The molecule has 6 nitrogen and oxygen atoms in total. The Bertz CT molecular complexity index is 559. The maximum atomic E-state index is 11.5. The van der Waals surface area contributed by atoms with Gasteiger partial charge in [0.2, 0.25) is 0 Å². The van der Waals surface area contributed by atoms with Crippen LogP contribution in [0.4, 0.5) is 0 Å². The SMILES string of the molecule is COc1ccc(C2CCCN2S(N)(=O)=O)cc1OC. The molecule has 0 aromatic heterocycles. The van der Waals surface area contributed by atoms with E-state index in [0.717, 1.165) is 18.4 Å². The van der Waals surface area contributed by atoms with Crippen molar-refractivity contribution < 1.29 is 17.9 Å². The molecule has 2 rings (SSSR count). The van der Waals surface area contributed by atoms with E-state index >= 15 is 0 Å². The van der Waals surface area contributed by atoms with Crippen LogP contribution in [-0.4, -0.2) is 33.5 Å². The molecule has 1 aliphatic rings. The van der Waals surface area contributed by atoms with Gasteiger partial charge < -0.3 is 9.47 Å². The van der Waals surface area contributed by atoms with Gasteiger partial charge in [0.1, 0.15) is 0 Å². The highest BCUT2D eigenvalue weighted by Gasteiger charge is 2.33. The Balaban J connectivity index is 2.36. The fraction of sp³-hybridized carbons (Fsp3) is 0.500. The normalized spacial score (nSPS) is 20.5. The molecule has 7 heteroatoms. The predicted molar refractivity (Wildman–Crippen MR) is 71.3 cm³/mol.